The van der Waals surface area contributed by atoms with Crippen molar-refractivity contribution >= 4 is 23.1 Å². The number of benzene rings is 1. The van der Waals surface area contributed by atoms with Crippen molar-refractivity contribution in [1.82, 2.24) is 9.61 Å². The van der Waals surface area contributed by atoms with Crippen LogP contribution in [0.1, 0.15) is 26.3 Å². The van der Waals surface area contributed by atoms with Crippen LogP contribution < -0.4 is 5.32 Å². The van der Waals surface area contributed by atoms with Gasteiger partial charge in [-0.3, -0.25) is 4.79 Å². The van der Waals surface area contributed by atoms with Gasteiger partial charge in [0.1, 0.15) is 0 Å². The largest absolute Gasteiger partial charge is 0.478 e. The summed E-state index contributed by atoms with van der Waals surface area (Å²) in [4.78, 5) is 23.4. The van der Waals surface area contributed by atoms with Crippen LogP contribution in [-0.2, 0) is 0 Å². The van der Waals surface area contributed by atoms with E-state index < -0.39 is 5.97 Å². The molecule has 0 aliphatic heterocycles. The van der Waals surface area contributed by atoms with Crippen molar-refractivity contribution in [1.29, 1.82) is 0 Å². The number of aryl methyl sites for hydroxylation is 1. The highest BCUT2D eigenvalue weighted by Crippen LogP contribution is 2.19. The van der Waals surface area contributed by atoms with E-state index >= 15 is 0 Å². The molecule has 0 aliphatic rings. The van der Waals surface area contributed by atoms with E-state index in [9.17, 15) is 9.59 Å². The minimum atomic E-state index is -1.04. The van der Waals surface area contributed by atoms with E-state index in [4.69, 9.17) is 5.11 Å². The molecule has 22 heavy (non-hydrogen) atoms. The van der Waals surface area contributed by atoms with Crippen LogP contribution in [0.4, 0.5) is 5.69 Å². The van der Waals surface area contributed by atoms with E-state index in [1.165, 1.54) is 18.3 Å². The number of anilines is 1. The molecule has 110 valence electrons. The Morgan fingerprint density at radius 2 is 2.05 bits per heavy atom. The molecule has 6 heteroatoms. The molecule has 2 N–H and O–H groups in total. The number of carboxylic acids is 1. The predicted octanol–water partition coefficient (Wildman–Crippen LogP) is 2.59. The minimum Gasteiger partial charge on any atom is -0.478 e. The zero-order chi connectivity index (χ0) is 15.7. The van der Waals surface area contributed by atoms with Gasteiger partial charge in [-0.25, -0.2) is 9.31 Å². The fourth-order valence-electron chi connectivity index (χ4n) is 2.19. The molecule has 6 nitrogen and oxygen atoms in total. The lowest BCUT2D eigenvalue weighted by Crippen LogP contribution is -2.13. The van der Waals surface area contributed by atoms with Crippen LogP contribution in [0.3, 0.4) is 0 Å². The van der Waals surface area contributed by atoms with E-state index in [1.54, 1.807) is 29.8 Å². The quantitative estimate of drug-likeness (QED) is 0.778. The number of amides is 1. The summed E-state index contributed by atoms with van der Waals surface area (Å²) in [7, 11) is 0. The van der Waals surface area contributed by atoms with Gasteiger partial charge >= 0.3 is 5.97 Å². The highest BCUT2D eigenvalue weighted by atomic mass is 16.4. The molecule has 0 unspecified atom stereocenters. The van der Waals surface area contributed by atoms with Gasteiger partial charge in [0.05, 0.1) is 22.8 Å². The molecule has 1 amide bonds. The second-order valence-electron chi connectivity index (χ2n) is 4.88. The Hall–Kier alpha value is -3.15. The number of nitrogens with zero attached hydrogens (tertiary/aromatic N) is 2. The van der Waals surface area contributed by atoms with Crippen molar-refractivity contribution in [2.75, 3.05) is 5.32 Å². The van der Waals surface area contributed by atoms with Crippen LogP contribution in [0.25, 0.3) is 5.52 Å². The van der Waals surface area contributed by atoms with E-state index in [2.05, 4.69) is 10.4 Å². The number of carboxylic acid groups (broad SMARTS) is 1. The molecule has 2 heterocycles. The number of fused-ring (bicyclic) bond motifs is 1. The summed E-state index contributed by atoms with van der Waals surface area (Å²) in [6.07, 6.45) is 3.24. The highest BCUT2D eigenvalue weighted by molar-refractivity contribution is 6.09. The Morgan fingerprint density at radius 3 is 2.82 bits per heavy atom. The number of pyridine rings is 1. The summed E-state index contributed by atoms with van der Waals surface area (Å²) in [6, 6.07) is 10.0. The number of carbonyl (C=O) groups is 2. The molecule has 0 bridgehead atoms. The van der Waals surface area contributed by atoms with Gasteiger partial charge in [0.2, 0.25) is 0 Å². The average Bonchev–Trinajstić information content (AvgIpc) is 2.93. The van der Waals surface area contributed by atoms with E-state index in [0.29, 0.717) is 16.8 Å². The van der Waals surface area contributed by atoms with Gasteiger partial charge in [0.15, 0.2) is 0 Å². The van der Waals surface area contributed by atoms with Crippen LogP contribution in [0.2, 0.25) is 0 Å². The number of nitrogens with one attached hydrogen (secondary N) is 1. The number of hydrogen-bond acceptors (Lipinski definition) is 3. The molecule has 0 saturated carbocycles. The zero-order valence-corrected chi connectivity index (χ0v) is 11.8. The lowest BCUT2D eigenvalue weighted by Gasteiger charge is -2.08. The van der Waals surface area contributed by atoms with Gasteiger partial charge in [0.25, 0.3) is 5.91 Å². The lowest BCUT2D eigenvalue weighted by molar-refractivity contribution is 0.0696. The van der Waals surface area contributed by atoms with Crippen molar-refractivity contribution in [2.24, 2.45) is 0 Å². The SMILES string of the molecule is Cc1ccc(C(=O)O)cc1NC(=O)c1cnn2ccccc12. The molecule has 0 atom stereocenters. The third kappa shape index (κ3) is 2.42. The van der Waals surface area contributed by atoms with E-state index in [-0.39, 0.29) is 11.5 Å². The maximum absolute atomic E-state index is 12.4. The topological polar surface area (TPSA) is 83.7 Å². The van der Waals surface area contributed by atoms with Gasteiger partial charge in [-0.15, -0.1) is 0 Å². The Labute approximate surface area is 126 Å². The summed E-state index contributed by atoms with van der Waals surface area (Å²) >= 11 is 0. The second-order valence-corrected chi connectivity index (χ2v) is 4.88. The number of hydrogen-bond donors (Lipinski definition) is 2. The molecule has 3 aromatic rings. The molecule has 0 spiro atoms. The first-order valence-corrected chi connectivity index (χ1v) is 6.64. The second kappa shape index (κ2) is 5.33. The summed E-state index contributed by atoms with van der Waals surface area (Å²) in [5, 5.41) is 15.9. The molecule has 0 fully saturated rings. The molecule has 3 rings (SSSR count). The van der Waals surface area contributed by atoms with Gasteiger partial charge < -0.3 is 10.4 Å². The molecule has 1 aromatic carbocycles. The van der Waals surface area contributed by atoms with Crippen molar-refractivity contribution in [3.8, 4) is 0 Å². The molecular weight excluding hydrogens is 282 g/mol. The van der Waals surface area contributed by atoms with Crippen molar-refractivity contribution < 1.29 is 14.7 Å². The van der Waals surface area contributed by atoms with E-state index in [1.807, 2.05) is 12.1 Å². The van der Waals surface area contributed by atoms with Crippen molar-refractivity contribution in [3.63, 3.8) is 0 Å². The number of aromatic carboxylic acids is 1. The molecule has 0 saturated heterocycles. The maximum Gasteiger partial charge on any atom is 0.335 e. The first-order chi connectivity index (χ1) is 10.6. The normalized spacial score (nSPS) is 10.6. The first-order valence-electron chi connectivity index (χ1n) is 6.64. The van der Waals surface area contributed by atoms with Crippen molar-refractivity contribution in [3.05, 3.63) is 65.5 Å². The summed E-state index contributed by atoms with van der Waals surface area (Å²) < 4.78 is 1.61. The Balaban J connectivity index is 1.94. The zero-order valence-electron chi connectivity index (χ0n) is 11.8. The number of rotatable bonds is 3. The lowest BCUT2D eigenvalue weighted by atomic mass is 10.1. The van der Waals surface area contributed by atoms with Gasteiger partial charge in [0, 0.05) is 11.9 Å². The number of carbonyl (C=O) groups excluding carboxylic acids is 1. The standard InChI is InChI=1S/C16H13N3O3/c1-10-5-6-11(16(21)22)8-13(10)18-15(20)12-9-17-19-7-3-2-4-14(12)19/h2-9H,1H3,(H,18,20)(H,21,22). The monoisotopic (exact) mass is 295 g/mol. The minimum absolute atomic E-state index is 0.126. The Kier molecular flexibility index (Phi) is 3.34. The first kappa shape index (κ1) is 13.8. The summed E-state index contributed by atoms with van der Waals surface area (Å²) in [5.41, 5.74) is 2.50. The number of aromatic nitrogens is 2. The predicted molar refractivity (Wildman–Crippen MR) is 81.3 cm³/mol. The highest BCUT2D eigenvalue weighted by Gasteiger charge is 2.14. The van der Waals surface area contributed by atoms with Crippen molar-refractivity contribution in [2.45, 2.75) is 6.92 Å². The Morgan fingerprint density at radius 1 is 1.23 bits per heavy atom. The van der Waals surface area contributed by atoms with Gasteiger partial charge in [-0.05, 0) is 36.8 Å². The molecule has 0 radical (unpaired) electrons. The van der Waals surface area contributed by atoms with Crippen LogP contribution >= 0.6 is 0 Å². The fraction of sp³-hybridized carbons (Fsp3) is 0.0625. The molecular formula is C16H13N3O3. The van der Waals surface area contributed by atoms with Gasteiger partial charge in [-0.1, -0.05) is 12.1 Å². The van der Waals surface area contributed by atoms with Crippen LogP contribution in [0.5, 0.6) is 0 Å². The molecule has 2 aromatic heterocycles. The smallest absolute Gasteiger partial charge is 0.335 e. The fourth-order valence-corrected chi connectivity index (χ4v) is 2.19. The van der Waals surface area contributed by atoms with Gasteiger partial charge in [-0.2, -0.15) is 5.10 Å². The average molecular weight is 295 g/mol. The Bertz CT molecular complexity index is 883. The van der Waals surface area contributed by atoms with Crippen LogP contribution in [0.15, 0.2) is 48.8 Å². The summed E-state index contributed by atoms with van der Waals surface area (Å²) in [5.74, 6) is -1.36. The summed E-state index contributed by atoms with van der Waals surface area (Å²) in [6.45, 7) is 1.80. The van der Waals surface area contributed by atoms with E-state index in [0.717, 1.165) is 5.56 Å². The molecule has 0 aliphatic carbocycles. The van der Waals surface area contributed by atoms with Crippen LogP contribution in [0, 0.1) is 6.92 Å². The van der Waals surface area contributed by atoms with Crippen LogP contribution in [-0.4, -0.2) is 26.6 Å². The third-order valence-corrected chi connectivity index (χ3v) is 3.40. The maximum atomic E-state index is 12.4. The third-order valence-electron chi connectivity index (χ3n) is 3.40.